The number of carbonyl (C=O) groups is 2. The van der Waals surface area contributed by atoms with Gasteiger partial charge in [-0.05, 0) is 50.1 Å². The summed E-state index contributed by atoms with van der Waals surface area (Å²) in [5.74, 6) is 1.67. The van der Waals surface area contributed by atoms with Crippen LogP contribution in [0.2, 0.25) is 0 Å². The fourth-order valence-electron chi connectivity index (χ4n) is 4.09. The summed E-state index contributed by atoms with van der Waals surface area (Å²) in [6, 6.07) is 19.2. The number of hydrogen-bond donors (Lipinski definition) is 1. The molecule has 33 heavy (non-hydrogen) atoms. The zero-order valence-corrected chi connectivity index (χ0v) is 19.0. The molecule has 0 spiro atoms. The highest BCUT2D eigenvalue weighted by Gasteiger charge is 2.33. The Morgan fingerprint density at radius 1 is 1.12 bits per heavy atom. The van der Waals surface area contributed by atoms with E-state index in [-0.39, 0.29) is 25.0 Å². The normalized spacial score (nSPS) is 14.4. The molecule has 1 fully saturated rings. The Balaban J connectivity index is 1.50. The zero-order valence-electron chi connectivity index (χ0n) is 19.0. The van der Waals surface area contributed by atoms with Gasteiger partial charge in [-0.25, -0.2) is 0 Å². The predicted molar refractivity (Wildman–Crippen MR) is 125 cm³/mol. The fourth-order valence-corrected chi connectivity index (χ4v) is 4.09. The second kappa shape index (κ2) is 9.94. The highest BCUT2D eigenvalue weighted by Crippen LogP contribution is 2.43. The quantitative estimate of drug-likeness (QED) is 0.454. The number of aryl methyl sites for hydroxylation is 1. The van der Waals surface area contributed by atoms with E-state index in [2.05, 4.69) is 6.07 Å². The number of carboxylic acids is 1. The number of carboxylic acid groups (broad SMARTS) is 1. The van der Waals surface area contributed by atoms with Crippen LogP contribution in [0, 0.1) is 12.8 Å². The Labute approximate surface area is 193 Å². The van der Waals surface area contributed by atoms with Crippen molar-refractivity contribution in [3.63, 3.8) is 0 Å². The smallest absolute Gasteiger partial charge is 0.305 e. The summed E-state index contributed by atoms with van der Waals surface area (Å²) in [5, 5.41) is 8.82. The van der Waals surface area contributed by atoms with Crippen LogP contribution in [0.4, 0.5) is 0 Å². The molecule has 1 amide bonds. The Morgan fingerprint density at radius 3 is 2.42 bits per heavy atom. The molecule has 1 unspecified atom stereocenters. The minimum absolute atomic E-state index is 0.0818. The van der Waals surface area contributed by atoms with Gasteiger partial charge in [0.2, 0.25) is 0 Å². The van der Waals surface area contributed by atoms with Crippen molar-refractivity contribution in [1.82, 2.24) is 4.90 Å². The first-order chi connectivity index (χ1) is 15.9. The molecule has 1 N–H and O–H groups in total. The molecule has 0 saturated heterocycles. The third-order valence-electron chi connectivity index (χ3n) is 6.27. The Bertz CT molecular complexity index is 1100. The van der Waals surface area contributed by atoms with Gasteiger partial charge in [0.15, 0.2) is 0 Å². The van der Waals surface area contributed by atoms with E-state index in [1.165, 1.54) is 11.3 Å². The largest absolute Gasteiger partial charge is 0.485 e. The van der Waals surface area contributed by atoms with Gasteiger partial charge >= 0.3 is 5.97 Å². The van der Waals surface area contributed by atoms with E-state index in [0.29, 0.717) is 17.2 Å². The number of rotatable bonds is 9. The van der Waals surface area contributed by atoms with E-state index in [1.807, 2.05) is 37.3 Å². The molecular formula is C27H29NO5. The highest BCUT2D eigenvalue weighted by atomic mass is 16.5. The van der Waals surface area contributed by atoms with E-state index in [1.54, 1.807) is 31.3 Å². The third-order valence-corrected chi connectivity index (χ3v) is 6.27. The molecule has 172 valence electrons. The van der Waals surface area contributed by atoms with Gasteiger partial charge in [-0.15, -0.1) is 0 Å². The first-order valence-corrected chi connectivity index (χ1v) is 11.3. The molecule has 1 aromatic heterocycles. The molecule has 0 radical (unpaired) electrons. The molecule has 2 aromatic carbocycles. The van der Waals surface area contributed by atoms with Crippen molar-refractivity contribution in [1.29, 1.82) is 0 Å². The summed E-state index contributed by atoms with van der Waals surface area (Å²) in [6.07, 6.45) is 3.23. The molecule has 3 aromatic rings. The lowest BCUT2D eigenvalue weighted by Gasteiger charge is -2.33. The second-order valence-corrected chi connectivity index (χ2v) is 8.61. The maximum Gasteiger partial charge on any atom is 0.305 e. The highest BCUT2D eigenvalue weighted by molar-refractivity contribution is 5.94. The van der Waals surface area contributed by atoms with Gasteiger partial charge in [-0.1, -0.05) is 36.8 Å². The van der Waals surface area contributed by atoms with Gasteiger partial charge < -0.3 is 19.2 Å². The van der Waals surface area contributed by atoms with Crippen LogP contribution in [0.15, 0.2) is 65.1 Å². The molecule has 0 bridgehead atoms. The lowest BCUT2D eigenvalue weighted by molar-refractivity contribution is -0.137. The SMILES string of the molecule is Cc1oc(-c2ccccc2)cc1C(Oc1ccc(C(=O)N(C)CCC(=O)O)cc1)C1CCC1. The van der Waals surface area contributed by atoms with Gasteiger partial charge in [-0.2, -0.15) is 0 Å². The van der Waals surface area contributed by atoms with Gasteiger partial charge in [-0.3, -0.25) is 9.59 Å². The average Bonchev–Trinajstić information content (AvgIpc) is 3.18. The molecule has 1 heterocycles. The summed E-state index contributed by atoms with van der Waals surface area (Å²) in [4.78, 5) is 24.7. The van der Waals surface area contributed by atoms with Crippen molar-refractivity contribution in [2.75, 3.05) is 13.6 Å². The maximum atomic E-state index is 12.5. The van der Waals surface area contributed by atoms with Crippen LogP contribution in [0.25, 0.3) is 11.3 Å². The lowest BCUT2D eigenvalue weighted by Crippen LogP contribution is -2.29. The van der Waals surface area contributed by atoms with Crippen molar-refractivity contribution >= 4 is 11.9 Å². The zero-order chi connectivity index (χ0) is 23.4. The number of carbonyl (C=O) groups excluding carboxylic acids is 1. The predicted octanol–water partition coefficient (Wildman–Crippen LogP) is 5.72. The molecule has 6 nitrogen and oxygen atoms in total. The molecule has 6 heteroatoms. The van der Waals surface area contributed by atoms with E-state index < -0.39 is 5.97 Å². The van der Waals surface area contributed by atoms with Gasteiger partial charge in [0.05, 0.1) is 6.42 Å². The van der Waals surface area contributed by atoms with Crippen molar-refractivity contribution in [2.45, 2.75) is 38.7 Å². The van der Waals surface area contributed by atoms with Crippen LogP contribution >= 0.6 is 0 Å². The number of amides is 1. The third kappa shape index (κ3) is 5.28. The molecule has 1 atom stereocenters. The topological polar surface area (TPSA) is 80.0 Å². The van der Waals surface area contributed by atoms with Crippen LogP contribution < -0.4 is 4.74 Å². The molecule has 1 saturated carbocycles. The standard InChI is InChI=1S/C27H29NO5/c1-18-23(17-24(32-18)19-7-4-3-5-8-19)26(20-9-6-10-20)33-22-13-11-21(12-14-22)27(31)28(2)16-15-25(29)30/h3-5,7-8,11-14,17,20,26H,6,9-10,15-16H2,1-2H3,(H,29,30). The molecule has 1 aliphatic carbocycles. The van der Waals surface area contributed by atoms with Gasteiger partial charge in [0.1, 0.15) is 23.4 Å². The monoisotopic (exact) mass is 447 g/mol. The number of ether oxygens (including phenoxy) is 1. The van der Waals surface area contributed by atoms with E-state index in [9.17, 15) is 9.59 Å². The number of hydrogen-bond acceptors (Lipinski definition) is 4. The fraction of sp³-hybridized carbons (Fsp3) is 0.333. The van der Waals surface area contributed by atoms with Crippen LogP contribution in [-0.4, -0.2) is 35.5 Å². The molecule has 0 aliphatic heterocycles. The first-order valence-electron chi connectivity index (χ1n) is 11.3. The molecule has 1 aliphatic rings. The summed E-state index contributed by atoms with van der Waals surface area (Å²) in [6.45, 7) is 2.14. The van der Waals surface area contributed by atoms with Gasteiger partial charge in [0, 0.05) is 36.2 Å². The Hall–Kier alpha value is -3.54. The number of benzene rings is 2. The van der Waals surface area contributed by atoms with Crippen molar-refractivity contribution in [2.24, 2.45) is 5.92 Å². The van der Waals surface area contributed by atoms with Crippen LogP contribution in [0.1, 0.15) is 53.5 Å². The van der Waals surface area contributed by atoms with Crippen LogP contribution in [0.3, 0.4) is 0 Å². The average molecular weight is 448 g/mol. The summed E-state index contributed by atoms with van der Waals surface area (Å²) < 4.78 is 12.5. The number of nitrogens with zero attached hydrogens (tertiary/aromatic N) is 1. The number of aliphatic carboxylic acids is 1. The first kappa shape index (κ1) is 22.6. The maximum absolute atomic E-state index is 12.5. The molecular weight excluding hydrogens is 418 g/mol. The van der Waals surface area contributed by atoms with E-state index >= 15 is 0 Å². The summed E-state index contributed by atoms with van der Waals surface area (Å²) in [5.41, 5.74) is 2.60. The van der Waals surface area contributed by atoms with Crippen molar-refractivity contribution in [3.05, 3.63) is 77.6 Å². The minimum atomic E-state index is -0.926. The second-order valence-electron chi connectivity index (χ2n) is 8.61. The Kier molecular flexibility index (Phi) is 6.82. The summed E-state index contributed by atoms with van der Waals surface area (Å²) >= 11 is 0. The summed E-state index contributed by atoms with van der Waals surface area (Å²) in [7, 11) is 1.61. The van der Waals surface area contributed by atoms with Crippen molar-refractivity contribution < 1.29 is 23.8 Å². The Morgan fingerprint density at radius 2 is 1.82 bits per heavy atom. The van der Waals surface area contributed by atoms with Crippen LogP contribution in [0.5, 0.6) is 5.75 Å². The van der Waals surface area contributed by atoms with E-state index in [0.717, 1.165) is 35.5 Å². The number of furan rings is 1. The molecule has 4 rings (SSSR count). The van der Waals surface area contributed by atoms with Crippen LogP contribution in [-0.2, 0) is 4.79 Å². The minimum Gasteiger partial charge on any atom is -0.485 e. The van der Waals surface area contributed by atoms with Gasteiger partial charge in [0.25, 0.3) is 5.91 Å². The van der Waals surface area contributed by atoms with Crippen molar-refractivity contribution in [3.8, 4) is 17.1 Å². The van der Waals surface area contributed by atoms with E-state index in [4.69, 9.17) is 14.3 Å². The lowest BCUT2D eigenvalue weighted by atomic mass is 9.78.